The molecule has 2 aliphatic rings. The summed E-state index contributed by atoms with van der Waals surface area (Å²) in [6.07, 6.45) is 9.75. The fraction of sp³-hybridized carbons (Fsp3) is 0.550. The first-order valence-electron chi connectivity index (χ1n) is 9.96. The fourth-order valence-electron chi connectivity index (χ4n) is 4.57. The summed E-state index contributed by atoms with van der Waals surface area (Å²) < 4.78 is 1.91. The summed E-state index contributed by atoms with van der Waals surface area (Å²) >= 11 is 0. The van der Waals surface area contributed by atoms with Gasteiger partial charge in [0.05, 0.1) is 11.3 Å². The Balaban J connectivity index is 2.05. The molecule has 0 bridgehead atoms. The molecule has 7 heteroatoms. The van der Waals surface area contributed by atoms with E-state index in [-0.39, 0.29) is 0 Å². The van der Waals surface area contributed by atoms with Gasteiger partial charge in [-0.25, -0.2) is 4.98 Å². The molecule has 7 nitrogen and oxygen atoms in total. The lowest BCUT2D eigenvalue weighted by Gasteiger charge is -2.28. The molecule has 27 heavy (non-hydrogen) atoms. The van der Waals surface area contributed by atoms with Crippen molar-refractivity contribution in [3.8, 4) is 11.3 Å². The molecule has 1 aliphatic carbocycles. The number of aromatic nitrogens is 3. The van der Waals surface area contributed by atoms with Crippen molar-refractivity contribution in [3.05, 3.63) is 29.1 Å². The van der Waals surface area contributed by atoms with Crippen LogP contribution < -0.4 is 16.5 Å². The van der Waals surface area contributed by atoms with Crippen LogP contribution in [-0.4, -0.2) is 33.2 Å². The van der Waals surface area contributed by atoms with Crippen LogP contribution in [0, 0.1) is 0 Å². The highest BCUT2D eigenvalue weighted by Gasteiger charge is 2.31. The Morgan fingerprint density at radius 2 is 2.04 bits per heavy atom. The highest BCUT2D eigenvalue weighted by molar-refractivity contribution is 6.08. The largest absolute Gasteiger partial charge is 0.382 e. The van der Waals surface area contributed by atoms with Crippen molar-refractivity contribution in [1.29, 1.82) is 0 Å². The van der Waals surface area contributed by atoms with E-state index in [0.29, 0.717) is 11.9 Å². The van der Waals surface area contributed by atoms with Gasteiger partial charge in [0.2, 0.25) is 0 Å². The van der Waals surface area contributed by atoms with E-state index in [0.717, 1.165) is 48.4 Å². The summed E-state index contributed by atoms with van der Waals surface area (Å²) in [5, 5.41) is 8.29. The number of rotatable bonds is 3. The zero-order valence-corrected chi connectivity index (χ0v) is 16.3. The molecule has 1 saturated heterocycles. The van der Waals surface area contributed by atoms with E-state index < -0.39 is 0 Å². The molecule has 2 aromatic rings. The van der Waals surface area contributed by atoms with Crippen molar-refractivity contribution in [2.75, 3.05) is 11.4 Å². The van der Waals surface area contributed by atoms with Crippen molar-refractivity contribution in [3.63, 3.8) is 0 Å². The third kappa shape index (κ3) is 3.05. The topological polar surface area (TPSA) is 98.3 Å². The molecule has 0 spiro atoms. The molecule has 1 aliphatic heterocycles. The third-order valence-corrected chi connectivity index (χ3v) is 6.00. The molecule has 3 heterocycles. The van der Waals surface area contributed by atoms with E-state index in [1.807, 2.05) is 24.0 Å². The van der Waals surface area contributed by atoms with E-state index in [9.17, 15) is 0 Å². The first kappa shape index (κ1) is 17.8. The minimum absolute atomic E-state index is 0.347. The molecule has 0 saturated carbocycles. The highest BCUT2D eigenvalue weighted by atomic mass is 15.3. The Bertz CT molecular complexity index is 867. The van der Waals surface area contributed by atoms with Crippen LogP contribution in [0.5, 0.6) is 0 Å². The van der Waals surface area contributed by atoms with Crippen LogP contribution in [-0.2, 0) is 19.9 Å². The van der Waals surface area contributed by atoms with Gasteiger partial charge in [-0.1, -0.05) is 6.42 Å². The monoisotopic (exact) mass is 367 g/mol. The number of amidine groups is 1. The van der Waals surface area contributed by atoms with E-state index >= 15 is 0 Å². The molecule has 1 unspecified atom stereocenters. The molecular formula is C20H29N7. The minimum atomic E-state index is 0.347. The molecule has 2 aromatic heterocycles. The summed E-state index contributed by atoms with van der Waals surface area (Å²) in [7, 11) is 1.97. The lowest BCUT2D eigenvalue weighted by atomic mass is 9.93. The summed E-state index contributed by atoms with van der Waals surface area (Å²) in [6, 6.07) is 2.48. The van der Waals surface area contributed by atoms with Gasteiger partial charge >= 0.3 is 0 Å². The lowest BCUT2D eigenvalue weighted by molar-refractivity contribution is 0.705. The summed E-state index contributed by atoms with van der Waals surface area (Å²) in [5.41, 5.74) is 11.9. The number of anilines is 1. The number of hydrogen-bond donors (Lipinski definition) is 2. The maximum atomic E-state index is 6.37. The van der Waals surface area contributed by atoms with Gasteiger partial charge in [0.1, 0.15) is 5.82 Å². The first-order valence-corrected chi connectivity index (χ1v) is 9.96. The zero-order valence-electron chi connectivity index (χ0n) is 16.3. The van der Waals surface area contributed by atoms with E-state index in [1.54, 1.807) is 0 Å². The van der Waals surface area contributed by atoms with Gasteiger partial charge in [0.15, 0.2) is 5.84 Å². The Labute approximate surface area is 160 Å². The summed E-state index contributed by atoms with van der Waals surface area (Å²) in [4.78, 5) is 7.53. The SMILES string of the molecule is CC1CCCN1c1nc2c(c(-c3ccnn3C)c1/C(N)=N/N)CCCCC2. The Hall–Kier alpha value is -2.57. The van der Waals surface area contributed by atoms with Gasteiger partial charge in [0, 0.05) is 37.1 Å². The standard InChI is InChI=1S/C20H29N7/c1-13-7-6-12-27(13)20-18(19(21)25-22)17(16-10-11-23-26(16)2)14-8-4-3-5-9-15(14)24-20/h10-11,13H,3-9,12,22H2,1-2H3,(H2,21,25). The first-order chi connectivity index (χ1) is 13.1. The average Bonchev–Trinajstić information content (AvgIpc) is 3.20. The smallest absolute Gasteiger partial charge is 0.154 e. The second kappa shape index (κ2) is 7.21. The van der Waals surface area contributed by atoms with Gasteiger partial charge in [0.25, 0.3) is 0 Å². The normalized spacial score (nSPS) is 20.6. The minimum Gasteiger partial charge on any atom is -0.382 e. The number of pyridine rings is 1. The summed E-state index contributed by atoms with van der Waals surface area (Å²) in [5.74, 6) is 6.95. The fourth-order valence-corrected chi connectivity index (χ4v) is 4.57. The van der Waals surface area contributed by atoms with Crippen molar-refractivity contribution in [2.24, 2.45) is 23.7 Å². The van der Waals surface area contributed by atoms with E-state index in [4.69, 9.17) is 16.6 Å². The number of aryl methyl sites for hydroxylation is 2. The zero-order chi connectivity index (χ0) is 19.0. The maximum absolute atomic E-state index is 6.37. The van der Waals surface area contributed by atoms with Gasteiger partial charge < -0.3 is 16.5 Å². The van der Waals surface area contributed by atoms with Crippen LogP contribution in [0.3, 0.4) is 0 Å². The number of hydrazone groups is 1. The van der Waals surface area contributed by atoms with Crippen LogP contribution in [0.2, 0.25) is 0 Å². The summed E-state index contributed by atoms with van der Waals surface area (Å²) in [6.45, 7) is 3.24. The van der Waals surface area contributed by atoms with Gasteiger partial charge in [-0.05, 0) is 57.1 Å². The molecule has 0 amide bonds. The number of nitrogens with two attached hydrogens (primary N) is 2. The van der Waals surface area contributed by atoms with Gasteiger partial charge in [-0.2, -0.15) is 10.2 Å². The van der Waals surface area contributed by atoms with Crippen molar-refractivity contribution < 1.29 is 0 Å². The van der Waals surface area contributed by atoms with Crippen molar-refractivity contribution >= 4 is 11.7 Å². The molecule has 1 atom stereocenters. The predicted octanol–water partition coefficient (Wildman–Crippen LogP) is 2.32. The quantitative estimate of drug-likeness (QED) is 0.285. The van der Waals surface area contributed by atoms with Crippen LogP contribution in [0.25, 0.3) is 11.3 Å². The van der Waals surface area contributed by atoms with Crippen LogP contribution >= 0.6 is 0 Å². The molecule has 144 valence electrons. The highest BCUT2D eigenvalue weighted by Crippen LogP contribution is 2.39. The predicted molar refractivity (Wildman–Crippen MR) is 109 cm³/mol. The van der Waals surface area contributed by atoms with Crippen LogP contribution in [0.1, 0.15) is 55.8 Å². The third-order valence-electron chi connectivity index (χ3n) is 6.00. The number of hydrogen-bond acceptors (Lipinski definition) is 5. The molecule has 4 N–H and O–H groups in total. The molecular weight excluding hydrogens is 338 g/mol. The Morgan fingerprint density at radius 1 is 1.22 bits per heavy atom. The average molecular weight is 368 g/mol. The Morgan fingerprint density at radius 3 is 2.70 bits per heavy atom. The van der Waals surface area contributed by atoms with Crippen LogP contribution in [0.4, 0.5) is 5.82 Å². The lowest BCUT2D eigenvalue weighted by Crippen LogP contribution is -2.32. The van der Waals surface area contributed by atoms with Crippen molar-refractivity contribution in [2.45, 2.75) is 57.9 Å². The maximum Gasteiger partial charge on any atom is 0.154 e. The number of fused-ring (bicyclic) bond motifs is 1. The van der Waals surface area contributed by atoms with E-state index in [2.05, 4.69) is 22.0 Å². The Kier molecular flexibility index (Phi) is 4.76. The molecule has 1 fully saturated rings. The van der Waals surface area contributed by atoms with Crippen molar-refractivity contribution in [1.82, 2.24) is 14.8 Å². The number of nitrogens with zero attached hydrogens (tertiary/aromatic N) is 5. The van der Waals surface area contributed by atoms with Crippen LogP contribution in [0.15, 0.2) is 17.4 Å². The molecule has 0 radical (unpaired) electrons. The second-order valence-electron chi connectivity index (χ2n) is 7.71. The van der Waals surface area contributed by atoms with Gasteiger partial charge in [-0.3, -0.25) is 4.68 Å². The molecule has 4 rings (SSSR count). The van der Waals surface area contributed by atoms with E-state index in [1.165, 1.54) is 36.9 Å². The van der Waals surface area contributed by atoms with Gasteiger partial charge in [-0.15, -0.1) is 0 Å². The second-order valence-corrected chi connectivity index (χ2v) is 7.71. The molecule has 0 aromatic carbocycles.